The normalized spacial score (nSPS) is 11.9. The Hall–Kier alpha value is -1.68. The van der Waals surface area contributed by atoms with E-state index in [9.17, 15) is 5.11 Å². The lowest BCUT2D eigenvalue weighted by molar-refractivity contribution is 0.412. The van der Waals surface area contributed by atoms with Gasteiger partial charge in [-0.15, -0.1) is 0 Å². The Bertz CT molecular complexity index is 555. The third-order valence-corrected chi connectivity index (χ3v) is 3.55. The summed E-state index contributed by atoms with van der Waals surface area (Å²) in [5.41, 5.74) is 2.12. The number of ether oxygens (including phenoxy) is 1. The van der Waals surface area contributed by atoms with Crippen LogP contribution in [-0.4, -0.2) is 12.2 Å². The third kappa shape index (κ3) is 3.41. The molecule has 0 amide bonds. The van der Waals surface area contributed by atoms with E-state index in [1.165, 1.54) is 0 Å². The summed E-state index contributed by atoms with van der Waals surface area (Å²) >= 11 is 3.48. The molecule has 2 aromatic carbocycles. The number of rotatable bonds is 4. The van der Waals surface area contributed by atoms with E-state index >= 15 is 0 Å². The van der Waals surface area contributed by atoms with Gasteiger partial charge in [0.2, 0.25) is 0 Å². The van der Waals surface area contributed by atoms with Gasteiger partial charge < -0.3 is 15.2 Å². The van der Waals surface area contributed by atoms with Crippen molar-refractivity contribution in [2.45, 2.75) is 13.0 Å². The average Bonchev–Trinajstić information content (AvgIpc) is 2.41. The van der Waals surface area contributed by atoms with Gasteiger partial charge in [-0.1, -0.05) is 6.07 Å². The number of nitrogens with one attached hydrogen (secondary N) is 1. The van der Waals surface area contributed by atoms with Crippen molar-refractivity contribution in [1.82, 2.24) is 0 Å². The molecule has 0 bridgehead atoms. The molecule has 0 fully saturated rings. The largest absolute Gasteiger partial charge is 0.508 e. The standard InChI is InChI=1S/C15H16BrNO2/c1-10(17-12-4-6-13(18)7-5-12)11-3-8-15(19-2)14(16)9-11/h3-10,17-18H,1-2H3. The van der Waals surface area contributed by atoms with Gasteiger partial charge in [0.25, 0.3) is 0 Å². The molecule has 0 aromatic heterocycles. The van der Waals surface area contributed by atoms with Gasteiger partial charge in [0.05, 0.1) is 11.6 Å². The van der Waals surface area contributed by atoms with Crippen LogP contribution >= 0.6 is 15.9 Å². The van der Waals surface area contributed by atoms with Gasteiger partial charge in [0.15, 0.2) is 0 Å². The second-order valence-corrected chi connectivity index (χ2v) is 5.16. The van der Waals surface area contributed by atoms with Crippen molar-refractivity contribution < 1.29 is 9.84 Å². The van der Waals surface area contributed by atoms with Gasteiger partial charge in [-0.3, -0.25) is 0 Å². The average molecular weight is 322 g/mol. The van der Waals surface area contributed by atoms with E-state index in [0.29, 0.717) is 0 Å². The molecule has 2 aromatic rings. The monoisotopic (exact) mass is 321 g/mol. The summed E-state index contributed by atoms with van der Waals surface area (Å²) in [5.74, 6) is 1.09. The maximum atomic E-state index is 9.25. The summed E-state index contributed by atoms with van der Waals surface area (Å²) in [6.45, 7) is 2.08. The Morgan fingerprint density at radius 3 is 2.42 bits per heavy atom. The Kier molecular flexibility index (Phi) is 4.32. The lowest BCUT2D eigenvalue weighted by Crippen LogP contribution is -2.06. The molecule has 0 saturated heterocycles. The smallest absolute Gasteiger partial charge is 0.133 e. The lowest BCUT2D eigenvalue weighted by atomic mass is 10.1. The van der Waals surface area contributed by atoms with E-state index in [1.54, 1.807) is 19.2 Å². The molecule has 0 saturated carbocycles. The molecule has 3 nitrogen and oxygen atoms in total. The zero-order valence-electron chi connectivity index (χ0n) is 10.9. The van der Waals surface area contributed by atoms with Crippen LogP contribution in [0.4, 0.5) is 5.69 Å². The predicted octanol–water partition coefficient (Wildman–Crippen LogP) is 4.34. The highest BCUT2D eigenvalue weighted by Gasteiger charge is 2.08. The fraction of sp³-hybridized carbons (Fsp3) is 0.200. The van der Waals surface area contributed by atoms with Crippen molar-refractivity contribution in [3.05, 3.63) is 52.5 Å². The fourth-order valence-corrected chi connectivity index (χ4v) is 2.40. The first-order chi connectivity index (χ1) is 9.10. The van der Waals surface area contributed by atoms with Gasteiger partial charge in [0, 0.05) is 11.7 Å². The zero-order valence-corrected chi connectivity index (χ0v) is 12.4. The number of anilines is 1. The van der Waals surface area contributed by atoms with E-state index in [4.69, 9.17) is 4.74 Å². The van der Waals surface area contributed by atoms with Crippen molar-refractivity contribution in [3.8, 4) is 11.5 Å². The fourth-order valence-electron chi connectivity index (χ4n) is 1.84. The molecule has 2 rings (SSSR count). The van der Waals surface area contributed by atoms with Gasteiger partial charge in [-0.25, -0.2) is 0 Å². The topological polar surface area (TPSA) is 41.5 Å². The van der Waals surface area contributed by atoms with Gasteiger partial charge in [-0.2, -0.15) is 0 Å². The highest BCUT2D eigenvalue weighted by atomic mass is 79.9. The first-order valence-corrected chi connectivity index (χ1v) is 6.78. The number of halogens is 1. The maximum absolute atomic E-state index is 9.25. The van der Waals surface area contributed by atoms with Crippen LogP contribution in [0.25, 0.3) is 0 Å². The molecule has 0 heterocycles. The summed E-state index contributed by atoms with van der Waals surface area (Å²) in [7, 11) is 1.65. The Balaban J connectivity index is 2.13. The van der Waals surface area contributed by atoms with Gasteiger partial charge in [0.1, 0.15) is 11.5 Å². The van der Waals surface area contributed by atoms with Crippen molar-refractivity contribution in [1.29, 1.82) is 0 Å². The maximum Gasteiger partial charge on any atom is 0.133 e. The summed E-state index contributed by atoms with van der Waals surface area (Å²) in [4.78, 5) is 0. The summed E-state index contributed by atoms with van der Waals surface area (Å²) < 4.78 is 6.15. The number of methoxy groups -OCH3 is 1. The molecule has 2 N–H and O–H groups in total. The van der Waals surface area contributed by atoms with Crippen LogP contribution < -0.4 is 10.1 Å². The molecule has 1 unspecified atom stereocenters. The van der Waals surface area contributed by atoms with E-state index in [1.807, 2.05) is 30.3 Å². The number of benzene rings is 2. The quantitative estimate of drug-likeness (QED) is 0.823. The number of hydrogen-bond acceptors (Lipinski definition) is 3. The minimum Gasteiger partial charge on any atom is -0.508 e. The van der Waals surface area contributed by atoms with E-state index in [-0.39, 0.29) is 11.8 Å². The minimum atomic E-state index is 0.159. The molecule has 0 radical (unpaired) electrons. The van der Waals surface area contributed by atoms with E-state index in [2.05, 4.69) is 28.2 Å². The van der Waals surface area contributed by atoms with Gasteiger partial charge >= 0.3 is 0 Å². The summed E-state index contributed by atoms with van der Waals surface area (Å²) in [5, 5.41) is 12.6. The Morgan fingerprint density at radius 1 is 1.16 bits per heavy atom. The number of phenolic OH excluding ortho intramolecular Hbond substituents is 1. The van der Waals surface area contributed by atoms with Crippen LogP contribution in [0, 0.1) is 0 Å². The van der Waals surface area contributed by atoms with Crippen LogP contribution in [0.1, 0.15) is 18.5 Å². The Labute approximate surface area is 121 Å². The molecular formula is C15H16BrNO2. The van der Waals surface area contributed by atoms with Crippen molar-refractivity contribution in [2.75, 3.05) is 12.4 Å². The molecule has 0 aliphatic rings. The second kappa shape index (κ2) is 5.97. The van der Waals surface area contributed by atoms with Crippen molar-refractivity contribution >= 4 is 21.6 Å². The van der Waals surface area contributed by atoms with Crippen LogP contribution in [0.5, 0.6) is 11.5 Å². The van der Waals surface area contributed by atoms with Gasteiger partial charge in [-0.05, 0) is 64.8 Å². The Morgan fingerprint density at radius 2 is 1.84 bits per heavy atom. The number of phenols is 1. The van der Waals surface area contributed by atoms with Crippen LogP contribution in [0.15, 0.2) is 46.9 Å². The predicted molar refractivity (Wildman–Crippen MR) is 80.8 cm³/mol. The zero-order chi connectivity index (χ0) is 13.8. The first-order valence-electron chi connectivity index (χ1n) is 5.99. The van der Waals surface area contributed by atoms with Crippen molar-refractivity contribution in [2.24, 2.45) is 0 Å². The molecule has 0 aliphatic heterocycles. The van der Waals surface area contributed by atoms with E-state index < -0.39 is 0 Å². The van der Waals surface area contributed by atoms with Crippen molar-refractivity contribution in [3.63, 3.8) is 0 Å². The van der Waals surface area contributed by atoms with Crippen LogP contribution in [0.2, 0.25) is 0 Å². The highest BCUT2D eigenvalue weighted by Crippen LogP contribution is 2.29. The molecule has 0 aliphatic carbocycles. The van der Waals surface area contributed by atoms with E-state index in [0.717, 1.165) is 21.5 Å². The molecule has 1 atom stereocenters. The molecule has 100 valence electrons. The molecule has 4 heteroatoms. The van der Waals surface area contributed by atoms with Crippen LogP contribution in [0.3, 0.4) is 0 Å². The summed E-state index contributed by atoms with van der Waals surface area (Å²) in [6.07, 6.45) is 0. The number of aromatic hydroxyl groups is 1. The lowest BCUT2D eigenvalue weighted by Gasteiger charge is -2.17. The number of hydrogen-bond donors (Lipinski definition) is 2. The molecular weight excluding hydrogens is 306 g/mol. The minimum absolute atomic E-state index is 0.159. The molecule has 0 spiro atoms. The highest BCUT2D eigenvalue weighted by molar-refractivity contribution is 9.10. The van der Waals surface area contributed by atoms with Crippen LogP contribution in [-0.2, 0) is 0 Å². The third-order valence-electron chi connectivity index (χ3n) is 2.93. The SMILES string of the molecule is COc1ccc(C(C)Nc2ccc(O)cc2)cc1Br. The molecule has 19 heavy (non-hydrogen) atoms. The summed E-state index contributed by atoms with van der Waals surface area (Å²) in [6, 6.07) is 13.2. The first kappa shape index (κ1) is 13.7. The second-order valence-electron chi connectivity index (χ2n) is 4.31.